The van der Waals surface area contributed by atoms with Crippen molar-refractivity contribution in [1.29, 1.82) is 0 Å². The van der Waals surface area contributed by atoms with Crippen molar-refractivity contribution in [2.24, 2.45) is 11.3 Å². The van der Waals surface area contributed by atoms with Crippen LogP contribution in [0.1, 0.15) is 55.8 Å². The van der Waals surface area contributed by atoms with Crippen molar-refractivity contribution in [1.82, 2.24) is 5.32 Å². The Hall–Kier alpha value is -3.12. The fraction of sp³-hybridized carbons (Fsp3) is 0.516. The molecule has 47 heavy (non-hydrogen) atoms. The van der Waals surface area contributed by atoms with E-state index in [-0.39, 0.29) is 41.6 Å². The molecular weight excluding hydrogens is 760 g/mol. The number of alkyl halides is 3. The molecule has 258 valence electrons. The van der Waals surface area contributed by atoms with Gasteiger partial charge in [-0.05, 0) is 69.7 Å². The number of nitrogens with one attached hydrogen (secondary N) is 2. The normalized spacial score (nSPS) is 24.7. The Balaban J connectivity index is 1.50. The molecule has 11 nitrogen and oxygen atoms in total. The predicted octanol–water partition coefficient (Wildman–Crippen LogP) is 5.26. The summed E-state index contributed by atoms with van der Waals surface area (Å²) in [4.78, 5) is 38.4. The van der Waals surface area contributed by atoms with E-state index in [9.17, 15) is 31.6 Å². The molecule has 4 rings (SSSR count). The summed E-state index contributed by atoms with van der Waals surface area (Å²) in [7, 11) is -0.942. The number of esters is 1. The molecule has 0 saturated heterocycles. The number of sulfone groups is 1. The van der Waals surface area contributed by atoms with Gasteiger partial charge in [-0.25, -0.2) is 12.8 Å². The number of carbonyl (C=O) groups is 3. The van der Waals surface area contributed by atoms with Crippen molar-refractivity contribution in [3.8, 4) is 11.5 Å². The fourth-order valence-corrected chi connectivity index (χ4v) is 7.51. The maximum Gasteiger partial charge on any atom is 0.398 e. The average molecular weight is 797 g/mol. The minimum Gasteiger partial charge on any atom is -0.496 e. The van der Waals surface area contributed by atoms with E-state index in [2.05, 4.69) is 10.6 Å². The quantitative estimate of drug-likeness (QED) is 0.177. The highest BCUT2D eigenvalue weighted by molar-refractivity contribution is 14.1. The molecule has 3 atom stereocenters. The summed E-state index contributed by atoms with van der Waals surface area (Å²) in [5, 5.41) is 5.36. The van der Waals surface area contributed by atoms with Crippen molar-refractivity contribution in [2.75, 3.05) is 26.6 Å². The Morgan fingerprint density at radius 3 is 2.28 bits per heavy atom. The molecule has 0 heterocycles. The number of anilines is 1. The van der Waals surface area contributed by atoms with Crippen LogP contribution in [0.5, 0.6) is 11.5 Å². The lowest BCUT2D eigenvalue weighted by Crippen LogP contribution is -2.42. The van der Waals surface area contributed by atoms with E-state index in [1.165, 1.54) is 39.5 Å². The molecule has 16 heteroatoms. The average Bonchev–Trinajstić information content (AvgIpc) is 3.44. The molecule has 2 aromatic carbocycles. The summed E-state index contributed by atoms with van der Waals surface area (Å²) in [5.74, 6) is -3.44. The molecule has 2 aromatic rings. The van der Waals surface area contributed by atoms with Crippen LogP contribution in [-0.4, -0.2) is 69.0 Å². The van der Waals surface area contributed by atoms with E-state index in [1.54, 1.807) is 0 Å². The van der Waals surface area contributed by atoms with E-state index in [0.717, 1.165) is 18.2 Å². The Morgan fingerprint density at radius 2 is 1.68 bits per heavy atom. The zero-order valence-corrected chi connectivity index (χ0v) is 29.1. The molecule has 2 amide bonds. The molecule has 0 aliphatic heterocycles. The van der Waals surface area contributed by atoms with Gasteiger partial charge in [0, 0.05) is 47.5 Å². The van der Waals surface area contributed by atoms with Gasteiger partial charge < -0.3 is 29.6 Å². The number of halogens is 4. The lowest BCUT2D eigenvalue weighted by molar-refractivity contribution is -0.154. The molecule has 0 aromatic heterocycles. The van der Waals surface area contributed by atoms with Gasteiger partial charge in [-0.15, -0.1) is 0 Å². The molecular formula is C31H36F3IN2O9S. The molecule has 2 saturated carbocycles. The molecule has 2 N–H and O–H groups in total. The molecule has 2 aliphatic rings. The van der Waals surface area contributed by atoms with Crippen LogP contribution in [0.25, 0.3) is 0 Å². The number of hydrogen-bond acceptors (Lipinski definition) is 9. The number of rotatable bonds is 11. The lowest BCUT2D eigenvalue weighted by Gasteiger charge is -2.35. The minimum absolute atomic E-state index is 0.0284. The van der Waals surface area contributed by atoms with Gasteiger partial charge in [0.2, 0.25) is 5.91 Å². The highest BCUT2D eigenvalue weighted by Crippen LogP contribution is 2.40. The van der Waals surface area contributed by atoms with Gasteiger partial charge in [-0.2, -0.15) is 8.78 Å². The van der Waals surface area contributed by atoms with Crippen LogP contribution in [0.3, 0.4) is 0 Å². The third-order valence-corrected chi connectivity index (χ3v) is 12.0. The van der Waals surface area contributed by atoms with Crippen molar-refractivity contribution in [2.45, 2.75) is 71.9 Å². The molecule has 0 unspecified atom stereocenters. The highest BCUT2D eigenvalue weighted by Gasteiger charge is 2.44. The summed E-state index contributed by atoms with van der Waals surface area (Å²) in [6, 6.07) is 6.00. The van der Waals surface area contributed by atoms with Crippen LogP contribution in [0.15, 0.2) is 41.3 Å². The van der Waals surface area contributed by atoms with E-state index in [0.29, 0.717) is 48.3 Å². The largest absolute Gasteiger partial charge is 0.496 e. The summed E-state index contributed by atoms with van der Waals surface area (Å²) in [6.07, 6.45) is 1.49. The number of carbonyl (C=O) groups excluding carboxylic acids is 3. The van der Waals surface area contributed by atoms with Crippen LogP contribution in [0.2, 0.25) is 0 Å². The summed E-state index contributed by atoms with van der Waals surface area (Å²) in [5.41, 5.74) is -0.733. The Morgan fingerprint density at radius 1 is 1.00 bits per heavy atom. The molecule has 0 radical (unpaired) electrons. The fourth-order valence-electron chi connectivity index (χ4n) is 5.94. The standard InChI is InChI=1S/C31H36F3IN2O9S/c1-30(29(40)45-4)10-8-18(9-11-30)46-26-15-22(25(44-3)16-23(26)32)28(39)37-24-14-19(43-2)13-21(24)27(38)36-17-6-5-7-20(12-17)47(41,42)31(33,34)35/h5-7,12,15-16,18-19,21,24H,8-11,13-14H2,1-4H3,(H,36,38)(H,37,39)/t18-,19-,21-,24+,30+/m1/s1. The minimum atomic E-state index is -5.00. The van der Waals surface area contributed by atoms with Gasteiger partial charge >= 0.3 is 9.23 Å². The van der Waals surface area contributed by atoms with Gasteiger partial charge in [0.15, 0.2) is 11.6 Å². The topological polar surface area (TPSA) is 146 Å². The molecule has 0 bridgehead atoms. The SMILES string of the molecule is COc1cc(F)c(O[C@H]2CC[C@@](C)(C(=O)OC)CC2)cc1C(=O)N[C@H]1C[C@H](OC)C[C@H]1C(=O)Nc1cccc(S(=O)(=O)C(F)(F)I)c1. The van der Waals surface area contributed by atoms with E-state index >= 15 is 4.39 Å². The van der Waals surface area contributed by atoms with Crippen LogP contribution < -0.4 is 20.1 Å². The van der Waals surface area contributed by atoms with Crippen LogP contribution >= 0.6 is 22.6 Å². The van der Waals surface area contributed by atoms with Crippen molar-refractivity contribution < 1.29 is 54.9 Å². The van der Waals surface area contributed by atoms with Crippen molar-refractivity contribution in [3.05, 3.63) is 47.8 Å². The highest BCUT2D eigenvalue weighted by atomic mass is 127. The van der Waals surface area contributed by atoms with E-state index in [4.69, 9.17) is 18.9 Å². The first-order chi connectivity index (χ1) is 22.0. The van der Waals surface area contributed by atoms with Crippen LogP contribution in [0.4, 0.5) is 18.9 Å². The van der Waals surface area contributed by atoms with Crippen molar-refractivity contribution >= 4 is 55.9 Å². The third kappa shape index (κ3) is 8.13. The molecule has 0 spiro atoms. The maximum atomic E-state index is 15.1. The first-order valence-corrected chi connectivity index (χ1v) is 17.3. The maximum absolute atomic E-state index is 15.1. The first kappa shape index (κ1) is 36.7. The van der Waals surface area contributed by atoms with Crippen molar-refractivity contribution in [3.63, 3.8) is 0 Å². The zero-order valence-electron chi connectivity index (χ0n) is 26.1. The van der Waals surface area contributed by atoms with Gasteiger partial charge in [-0.3, -0.25) is 14.4 Å². The number of hydrogen-bond donors (Lipinski definition) is 2. The second-order valence-corrected chi connectivity index (χ2v) is 15.9. The van der Waals surface area contributed by atoms with Gasteiger partial charge in [0.25, 0.3) is 15.7 Å². The summed E-state index contributed by atoms with van der Waals surface area (Å²) in [6.45, 7) is 1.81. The Bertz CT molecular complexity index is 1610. The number of amides is 2. The van der Waals surface area contributed by atoms with E-state index < -0.39 is 65.2 Å². The number of ether oxygens (including phenoxy) is 4. The molecule has 2 aliphatic carbocycles. The molecule has 2 fully saturated rings. The van der Waals surface area contributed by atoms with Gasteiger partial charge in [0.05, 0.1) is 48.2 Å². The smallest absolute Gasteiger partial charge is 0.398 e. The Labute approximate surface area is 284 Å². The zero-order chi connectivity index (χ0) is 34.7. The van der Waals surface area contributed by atoms with Crippen LogP contribution in [0, 0.1) is 17.2 Å². The monoisotopic (exact) mass is 796 g/mol. The first-order valence-electron chi connectivity index (χ1n) is 14.7. The number of methoxy groups -OCH3 is 3. The Kier molecular flexibility index (Phi) is 11.4. The number of benzene rings is 2. The van der Waals surface area contributed by atoms with Gasteiger partial charge in [0.1, 0.15) is 5.75 Å². The van der Waals surface area contributed by atoms with Crippen LogP contribution in [-0.2, 0) is 28.9 Å². The van der Waals surface area contributed by atoms with E-state index in [1.807, 2.05) is 6.92 Å². The second-order valence-electron chi connectivity index (χ2n) is 11.8. The third-order valence-electron chi connectivity index (χ3n) is 8.73. The second kappa shape index (κ2) is 14.6. The van der Waals surface area contributed by atoms with Gasteiger partial charge in [-0.1, -0.05) is 6.07 Å². The summed E-state index contributed by atoms with van der Waals surface area (Å²) < 4.78 is 84.4. The lowest BCUT2D eigenvalue weighted by atomic mass is 9.75. The predicted molar refractivity (Wildman–Crippen MR) is 172 cm³/mol. The summed E-state index contributed by atoms with van der Waals surface area (Å²) >= 11 is 0.527.